The molecule has 0 saturated carbocycles. The second-order valence-corrected chi connectivity index (χ2v) is 28.4. The van der Waals surface area contributed by atoms with E-state index in [1.54, 1.807) is 0 Å². The zero-order chi connectivity index (χ0) is 63.2. The minimum atomic E-state index is -4.95. The van der Waals surface area contributed by atoms with Crippen molar-refractivity contribution in [2.45, 2.75) is 337 Å². The zero-order valence-electron chi connectivity index (χ0n) is 55.2. The van der Waals surface area contributed by atoms with Gasteiger partial charge in [0.15, 0.2) is 12.2 Å². The van der Waals surface area contributed by atoms with E-state index in [2.05, 4.69) is 55.4 Å². The Kier molecular flexibility index (Phi) is 54.8. The highest BCUT2D eigenvalue weighted by atomic mass is 31.2. The maximum absolute atomic E-state index is 13.0. The van der Waals surface area contributed by atoms with Crippen LogP contribution < -0.4 is 0 Å². The van der Waals surface area contributed by atoms with E-state index in [-0.39, 0.29) is 25.7 Å². The maximum Gasteiger partial charge on any atom is 0.472 e. The Morgan fingerprint density at radius 3 is 0.835 bits per heavy atom. The molecule has 0 rings (SSSR count). The number of carbonyl (C=O) groups excluding carboxylic acids is 4. The van der Waals surface area contributed by atoms with Crippen molar-refractivity contribution in [3.63, 3.8) is 0 Å². The Bertz CT molecular complexity index is 1700. The van der Waals surface area contributed by atoms with Crippen molar-refractivity contribution in [2.75, 3.05) is 39.6 Å². The molecule has 17 nitrogen and oxygen atoms in total. The van der Waals surface area contributed by atoms with Crippen LogP contribution in [0.1, 0.15) is 319 Å². The van der Waals surface area contributed by atoms with Crippen LogP contribution in [-0.2, 0) is 65.4 Å². The quantitative estimate of drug-likeness (QED) is 0.0222. The summed E-state index contributed by atoms with van der Waals surface area (Å²) in [6.45, 7) is 13.9. The van der Waals surface area contributed by atoms with Crippen molar-refractivity contribution >= 4 is 39.5 Å². The highest BCUT2D eigenvalue weighted by Crippen LogP contribution is 2.45. The first-order chi connectivity index (χ1) is 40.6. The molecular weight excluding hydrogens is 1130 g/mol. The first-order valence-corrected chi connectivity index (χ1v) is 37.2. The molecule has 0 aliphatic heterocycles. The smallest absolute Gasteiger partial charge is 0.462 e. The first-order valence-electron chi connectivity index (χ1n) is 34.2. The van der Waals surface area contributed by atoms with E-state index < -0.39 is 97.5 Å². The summed E-state index contributed by atoms with van der Waals surface area (Å²) in [5.74, 6) is 0.753. The van der Waals surface area contributed by atoms with Gasteiger partial charge in [-0.1, -0.05) is 267 Å². The van der Waals surface area contributed by atoms with Crippen LogP contribution in [0.15, 0.2) is 0 Å². The Labute approximate surface area is 517 Å². The molecule has 0 amide bonds. The van der Waals surface area contributed by atoms with Crippen LogP contribution in [0.25, 0.3) is 0 Å². The van der Waals surface area contributed by atoms with Gasteiger partial charge in [-0.2, -0.15) is 0 Å². The average molecular weight is 1260 g/mol. The predicted molar refractivity (Wildman–Crippen MR) is 340 cm³/mol. The molecule has 0 aromatic carbocycles. The van der Waals surface area contributed by atoms with Gasteiger partial charge in [0.25, 0.3) is 0 Å². The summed E-state index contributed by atoms with van der Waals surface area (Å²) in [7, 11) is -9.89. The zero-order valence-corrected chi connectivity index (χ0v) is 57.0. The van der Waals surface area contributed by atoms with E-state index in [1.165, 1.54) is 109 Å². The second kappa shape index (κ2) is 56.1. The monoisotopic (exact) mass is 1250 g/mol. The lowest BCUT2D eigenvalue weighted by atomic mass is 10.00. The number of aliphatic hydroxyl groups excluding tert-OH is 1. The van der Waals surface area contributed by atoms with Crippen molar-refractivity contribution in [2.24, 2.45) is 23.7 Å². The number of carbonyl (C=O) groups is 4. The van der Waals surface area contributed by atoms with E-state index in [0.29, 0.717) is 37.5 Å². The molecule has 19 heteroatoms. The molecule has 0 aliphatic carbocycles. The summed E-state index contributed by atoms with van der Waals surface area (Å²) in [6.07, 6.45) is 36.5. The Hall–Kier alpha value is -1.94. The molecule has 0 bridgehead atoms. The normalized spacial score (nSPS) is 14.7. The molecular formula is C66H128O17P2. The summed E-state index contributed by atoms with van der Waals surface area (Å²) in [5, 5.41) is 10.5. The Balaban J connectivity index is 5.22. The topological polar surface area (TPSA) is 237 Å². The lowest BCUT2D eigenvalue weighted by Gasteiger charge is -2.21. The number of hydrogen-bond donors (Lipinski definition) is 3. The van der Waals surface area contributed by atoms with Crippen molar-refractivity contribution < 1.29 is 80.2 Å². The highest BCUT2D eigenvalue weighted by molar-refractivity contribution is 7.47. The molecule has 0 fully saturated rings. The van der Waals surface area contributed by atoms with Gasteiger partial charge in [0.2, 0.25) is 0 Å². The molecule has 504 valence electrons. The number of esters is 4. The molecule has 85 heavy (non-hydrogen) atoms. The van der Waals surface area contributed by atoms with E-state index in [4.69, 9.17) is 37.0 Å². The van der Waals surface area contributed by atoms with Crippen molar-refractivity contribution in [3.8, 4) is 0 Å². The van der Waals surface area contributed by atoms with Gasteiger partial charge in [-0.3, -0.25) is 37.3 Å². The molecule has 0 spiro atoms. The molecule has 0 aliphatic rings. The van der Waals surface area contributed by atoms with Gasteiger partial charge in [-0.05, 0) is 49.4 Å². The minimum absolute atomic E-state index is 0.102. The Morgan fingerprint density at radius 2 is 0.565 bits per heavy atom. The number of aliphatic hydroxyl groups is 1. The van der Waals surface area contributed by atoms with Gasteiger partial charge in [0.05, 0.1) is 26.4 Å². The van der Waals surface area contributed by atoms with Gasteiger partial charge in [0, 0.05) is 25.7 Å². The van der Waals surface area contributed by atoms with E-state index >= 15 is 0 Å². The third-order valence-corrected chi connectivity index (χ3v) is 17.3. The molecule has 0 heterocycles. The van der Waals surface area contributed by atoms with Gasteiger partial charge in [0.1, 0.15) is 19.3 Å². The summed E-state index contributed by atoms with van der Waals surface area (Å²) < 4.78 is 68.0. The summed E-state index contributed by atoms with van der Waals surface area (Å²) in [6, 6.07) is 0. The predicted octanol–water partition coefficient (Wildman–Crippen LogP) is 18.1. The van der Waals surface area contributed by atoms with Crippen LogP contribution >= 0.6 is 15.6 Å². The largest absolute Gasteiger partial charge is 0.472 e. The number of ether oxygens (including phenoxy) is 4. The second-order valence-electron chi connectivity index (χ2n) is 25.5. The summed E-state index contributed by atoms with van der Waals surface area (Å²) in [5.41, 5.74) is 0. The van der Waals surface area contributed by atoms with Gasteiger partial charge in [-0.15, -0.1) is 0 Å². The van der Waals surface area contributed by atoms with Gasteiger partial charge >= 0.3 is 39.5 Å². The number of phosphoric ester groups is 2. The van der Waals surface area contributed by atoms with E-state index in [0.717, 1.165) is 115 Å². The van der Waals surface area contributed by atoms with Gasteiger partial charge < -0.3 is 33.8 Å². The van der Waals surface area contributed by atoms with Crippen LogP contribution in [0.3, 0.4) is 0 Å². The lowest BCUT2D eigenvalue weighted by molar-refractivity contribution is -0.161. The van der Waals surface area contributed by atoms with E-state index in [1.807, 2.05) is 0 Å². The molecule has 0 radical (unpaired) electrons. The average Bonchev–Trinajstić information content (AvgIpc) is 3.55. The summed E-state index contributed by atoms with van der Waals surface area (Å²) >= 11 is 0. The lowest BCUT2D eigenvalue weighted by Crippen LogP contribution is -2.30. The maximum atomic E-state index is 13.0. The summed E-state index contributed by atoms with van der Waals surface area (Å²) in [4.78, 5) is 72.3. The van der Waals surface area contributed by atoms with Crippen LogP contribution in [0.4, 0.5) is 0 Å². The first kappa shape index (κ1) is 83.1. The molecule has 0 aromatic rings. The number of hydrogen-bond acceptors (Lipinski definition) is 15. The fourth-order valence-electron chi connectivity index (χ4n) is 9.75. The molecule has 6 atom stereocenters. The third-order valence-electron chi connectivity index (χ3n) is 15.4. The van der Waals surface area contributed by atoms with Crippen molar-refractivity contribution in [3.05, 3.63) is 0 Å². The number of phosphoric acid groups is 2. The van der Waals surface area contributed by atoms with E-state index in [9.17, 15) is 43.2 Å². The van der Waals surface area contributed by atoms with Crippen molar-refractivity contribution in [1.29, 1.82) is 0 Å². The van der Waals surface area contributed by atoms with Crippen molar-refractivity contribution in [1.82, 2.24) is 0 Å². The SMILES string of the molecule is CCC(C)CCCCCCCCC(=O)OC[C@H](COP(=O)(O)OC[C@H](O)COP(=O)(O)OC[C@@H](COC(=O)CCCCCCCCC(C)C)OC(=O)CCCCCCCCCCCCCCCC(C)C)OC(=O)CCCCCCCCCC(C)C. The number of unbranched alkanes of at least 4 members (excludes halogenated alkanes) is 28. The molecule has 3 unspecified atom stereocenters. The molecule has 3 N–H and O–H groups in total. The Morgan fingerprint density at radius 1 is 0.329 bits per heavy atom. The standard InChI is InChI=1S/C66H128O17P2/c1-9-59(8)45-37-29-23-25-31-39-47-64(69)77-53-62(83-66(71)49-41-33-21-17-19-27-35-43-57(4)5)55-81-85(74,75)79-51-60(67)50-78-84(72,73)80-54-61(52-76-63(68)46-38-30-24-22-28-36-44-58(6)7)82-65(70)48-40-32-20-16-14-12-10-11-13-15-18-26-34-42-56(2)3/h56-62,67H,9-55H2,1-8H3,(H,72,73)(H,74,75)/t59?,60-,61-,62-/m1/s1. The minimum Gasteiger partial charge on any atom is -0.462 e. The number of rotatable bonds is 63. The van der Waals surface area contributed by atoms with Crippen LogP contribution in [0, 0.1) is 23.7 Å². The molecule has 0 saturated heterocycles. The highest BCUT2D eigenvalue weighted by Gasteiger charge is 2.30. The third kappa shape index (κ3) is 59.5. The van der Waals surface area contributed by atoms with Crippen LogP contribution in [-0.4, -0.2) is 96.7 Å². The van der Waals surface area contributed by atoms with Crippen LogP contribution in [0.5, 0.6) is 0 Å². The van der Waals surface area contributed by atoms with Crippen LogP contribution in [0.2, 0.25) is 0 Å². The molecule has 0 aromatic heterocycles. The van der Waals surface area contributed by atoms with Gasteiger partial charge in [-0.25, -0.2) is 9.13 Å². The fraction of sp³-hybridized carbons (Fsp3) is 0.939. The fourth-order valence-corrected chi connectivity index (χ4v) is 11.3.